The Morgan fingerprint density at radius 1 is 1.38 bits per heavy atom. The second kappa shape index (κ2) is 8.05. The Labute approximate surface area is 80.6 Å². The summed E-state index contributed by atoms with van der Waals surface area (Å²) in [5.41, 5.74) is 5.32. The van der Waals surface area contributed by atoms with Gasteiger partial charge < -0.3 is 10.5 Å². The summed E-state index contributed by atoms with van der Waals surface area (Å²) in [6.45, 7) is 4.86. The molecule has 0 bridgehead atoms. The summed E-state index contributed by atoms with van der Waals surface area (Å²) in [4.78, 5) is 11.1. The van der Waals surface area contributed by atoms with E-state index in [1.807, 2.05) is 0 Å². The maximum atomic E-state index is 11.1. The van der Waals surface area contributed by atoms with Gasteiger partial charge in [0.15, 0.2) is 0 Å². The summed E-state index contributed by atoms with van der Waals surface area (Å²) in [6.07, 6.45) is 4.52. The van der Waals surface area contributed by atoms with E-state index in [4.69, 9.17) is 10.5 Å². The Hall–Kier alpha value is -0.570. The third-order valence-electron chi connectivity index (χ3n) is 2.00. The summed E-state index contributed by atoms with van der Waals surface area (Å²) in [5.74, 6) is -0.329. The van der Waals surface area contributed by atoms with Gasteiger partial charge in [0.05, 0.1) is 12.5 Å². The molecule has 78 valence electrons. The summed E-state index contributed by atoms with van der Waals surface area (Å²) in [5, 5.41) is 0. The molecule has 0 aromatic carbocycles. The van der Waals surface area contributed by atoms with E-state index in [0.717, 1.165) is 12.8 Å². The number of unbranched alkanes of at least 4 members (excludes halogenated alkanes) is 3. The molecule has 0 aromatic rings. The van der Waals surface area contributed by atoms with Crippen LogP contribution in [0.5, 0.6) is 0 Å². The van der Waals surface area contributed by atoms with Gasteiger partial charge in [0, 0.05) is 6.54 Å². The number of ether oxygens (including phenoxy) is 1. The molecule has 13 heavy (non-hydrogen) atoms. The van der Waals surface area contributed by atoms with E-state index in [9.17, 15) is 4.79 Å². The van der Waals surface area contributed by atoms with E-state index in [1.54, 1.807) is 6.92 Å². The van der Waals surface area contributed by atoms with Crippen molar-refractivity contribution in [3.05, 3.63) is 0 Å². The largest absolute Gasteiger partial charge is 0.465 e. The Bertz CT molecular complexity index is 137. The molecule has 0 aliphatic carbocycles. The van der Waals surface area contributed by atoms with E-state index < -0.39 is 0 Å². The first kappa shape index (κ1) is 12.4. The van der Waals surface area contributed by atoms with Crippen molar-refractivity contribution in [3.8, 4) is 0 Å². The number of carbonyl (C=O) groups is 1. The highest BCUT2D eigenvalue weighted by Gasteiger charge is 2.11. The van der Waals surface area contributed by atoms with Crippen LogP contribution in [0, 0.1) is 5.92 Å². The van der Waals surface area contributed by atoms with Crippen LogP contribution in [0.25, 0.3) is 0 Å². The summed E-state index contributed by atoms with van der Waals surface area (Å²) in [7, 11) is 0. The minimum absolute atomic E-state index is 0.161. The van der Waals surface area contributed by atoms with Crippen LogP contribution in [-0.2, 0) is 9.53 Å². The summed E-state index contributed by atoms with van der Waals surface area (Å²) < 4.78 is 5.02. The van der Waals surface area contributed by atoms with Gasteiger partial charge in [-0.25, -0.2) is 0 Å². The minimum Gasteiger partial charge on any atom is -0.465 e. The van der Waals surface area contributed by atoms with E-state index in [1.165, 1.54) is 12.8 Å². The zero-order chi connectivity index (χ0) is 10.1. The van der Waals surface area contributed by atoms with Crippen LogP contribution in [0.3, 0.4) is 0 Å². The lowest BCUT2D eigenvalue weighted by Gasteiger charge is -2.08. The molecule has 0 radical (unpaired) electrons. The predicted molar refractivity (Wildman–Crippen MR) is 53.3 cm³/mol. The van der Waals surface area contributed by atoms with Crippen molar-refractivity contribution in [1.29, 1.82) is 0 Å². The molecule has 0 saturated heterocycles. The lowest BCUT2D eigenvalue weighted by atomic mass is 10.2. The van der Waals surface area contributed by atoms with Crippen molar-refractivity contribution in [1.82, 2.24) is 0 Å². The van der Waals surface area contributed by atoms with Crippen LogP contribution in [-0.4, -0.2) is 19.1 Å². The van der Waals surface area contributed by atoms with Gasteiger partial charge in [-0.05, 0) is 6.42 Å². The number of esters is 1. The topological polar surface area (TPSA) is 52.3 Å². The van der Waals surface area contributed by atoms with Gasteiger partial charge in [-0.3, -0.25) is 4.79 Å². The minimum atomic E-state index is -0.168. The predicted octanol–water partition coefficient (Wildman–Crippen LogP) is 1.70. The van der Waals surface area contributed by atoms with Gasteiger partial charge in [-0.1, -0.05) is 33.1 Å². The molecule has 3 nitrogen and oxygen atoms in total. The maximum Gasteiger partial charge on any atom is 0.309 e. The zero-order valence-electron chi connectivity index (χ0n) is 8.71. The van der Waals surface area contributed by atoms with Crippen molar-refractivity contribution in [2.45, 2.75) is 39.5 Å². The Morgan fingerprint density at radius 2 is 2.08 bits per heavy atom. The third kappa shape index (κ3) is 6.58. The summed E-state index contributed by atoms with van der Waals surface area (Å²) >= 11 is 0. The highest BCUT2D eigenvalue weighted by atomic mass is 16.5. The summed E-state index contributed by atoms with van der Waals surface area (Å²) in [6, 6.07) is 0. The van der Waals surface area contributed by atoms with Gasteiger partial charge in [0.1, 0.15) is 0 Å². The van der Waals surface area contributed by atoms with Crippen LogP contribution in [0.4, 0.5) is 0 Å². The lowest BCUT2D eigenvalue weighted by Crippen LogP contribution is -2.23. The maximum absolute atomic E-state index is 11.1. The van der Waals surface area contributed by atoms with Crippen LogP contribution in [0.15, 0.2) is 0 Å². The normalized spacial score (nSPS) is 12.5. The van der Waals surface area contributed by atoms with E-state index in [0.29, 0.717) is 13.2 Å². The highest BCUT2D eigenvalue weighted by molar-refractivity contribution is 5.72. The van der Waals surface area contributed by atoms with Gasteiger partial charge in [0.25, 0.3) is 0 Å². The van der Waals surface area contributed by atoms with Crippen molar-refractivity contribution in [2.75, 3.05) is 13.2 Å². The number of hydrogen-bond donors (Lipinski definition) is 1. The molecule has 0 saturated carbocycles. The smallest absolute Gasteiger partial charge is 0.309 e. The lowest BCUT2D eigenvalue weighted by molar-refractivity contribution is -0.147. The molecule has 0 heterocycles. The third-order valence-corrected chi connectivity index (χ3v) is 2.00. The average Bonchev–Trinajstić information content (AvgIpc) is 2.16. The average molecular weight is 187 g/mol. The van der Waals surface area contributed by atoms with Gasteiger partial charge in [-0.2, -0.15) is 0 Å². The first-order valence-electron chi connectivity index (χ1n) is 5.09. The number of hydrogen-bond acceptors (Lipinski definition) is 3. The number of rotatable bonds is 7. The molecule has 0 rings (SSSR count). The molecule has 0 fully saturated rings. The SMILES string of the molecule is CCCCCCOC(=O)C(C)CN. The standard InChI is InChI=1S/C10H21NO2/c1-3-4-5-6-7-13-10(12)9(2)8-11/h9H,3-8,11H2,1-2H3. The quantitative estimate of drug-likeness (QED) is 0.487. The van der Waals surface area contributed by atoms with Crippen LogP contribution in [0.1, 0.15) is 39.5 Å². The zero-order valence-corrected chi connectivity index (χ0v) is 8.71. The molecule has 0 aliphatic rings. The monoisotopic (exact) mass is 187 g/mol. The van der Waals surface area contributed by atoms with E-state index >= 15 is 0 Å². The van der Waals surface area contributed by atoms with Gasteiger partial charge in [0.2, 0.25) is 0 Å². The second-order valence-corrected chi connectivity index (χ2v) is 3.36. The van der Waals surface area contributed by atoms with Crippen LogP contribution >= 0.6 is 0 Å². The fraction of sp³-hybridized carbons (Fsp3) is 0.900. The molecule has 0 spiro atoms. The fourth-order valence-corrected chi connectivity index (χ4v) is 0.940. The highest BCUT2D eigenvalue weighted by Crippen LogP contribution is 2.01. The van der Waals surface area contributed by atoms with Crippen molar-refractivity contribution >= 4 is 5.97 Å². The molecular formula is C10H21NO2. The van der Waals surface area contributed by atoms with Gasteiger partial charge >= 0.3 is 5.97 Å². The second-order valence-electron chi connectivity index (χ2n) is 3.36. The Kier molecular flexibility index (Phi) is 7.69. The molecular weight excluding hydrogens is 166 g/mol. The van der Waals surface area contributed by atoms with E-state index in [2.05, 4.69) is 6.92 Å². The van der Waals surface area contributed by atoms with Crippen LogP contribution in [0.2, 0.25) is 0 Å². The number of carbonyl (C=O) groups excluding carboxylic acids is 1. The first-order valence-corrected chi connectivity index (χ1v) is 5.09. The fourth-order valence-electron chi connectivity index (χ4n) is 0.940. The molecule has 2 N–H and O–H groups in total. The van der Waals surface area contributed by atoms with Gasteiger partial charge in [-0.15, -0.1) is 0 Å². The van der Waals surface area contributed by atoms with E-state index in [-0.39, 0.29) is 11.9 Å². The van der Waals surface area contributed by atoms with Crippen molar-refractivity contribution in [2.24, 2.45) is 11.7 Å². The molecule has 0 aliphatic heterocycles. The molecule has 0 aromatic heterocycles. The molecule has 1 atom stereocenters. The molecule has 1 unspecified atom stereocenters. The van der Waals surface area contributed by atoms with Crippen LogP contribution < -0.4 is 5.73 Å². The molecule has 3 heteroatoms. The Balaban J connectivity index is 3.27. The molecule has 0 amide bonds. The van der Waals surface area contributed by atoms with Crippen molar-refractivity contribution in [3.63, 3.8) is 0 Å². The Morgan fingerprint density at radius 3 is 2.62 bits per heavy atom. The number of nitrogens with two attached hydrogens (primary N) is 1. The van der Waals surface area contributed by atoms with Crippen molar-refractivity contribution < 1.29 is 9.53 Å². The first-order chi connectivity index (χ1) is 6.22.